The number of nitrogens with one attached hydrogen (secondary N) is 2. The summed E-state index contributed by atoms with van der Waals surface area (Å²) >= 11 is 1.31. The normalized spacial score (nSPS) is 10.8. The van der Waals surface area contributed by atoms with Gasteiger partial charge in [0.2, 0.25) is 0 Å². The fourth-order valence-electron chi connectivity index (χ4n) is 3.34. The summed E-state index contributed by atoms with van der Waals surface area (Å²) in [6, 6.07) is 21.5. The number of benzene rings is 3. The molecule has 0 saturated carbocycles. The molecule has 37 heavy (non-hydrogen) atoms. The predicted octanol–water partition coefficient (Wildman–Crippen LogP) is 5.88. The van der Waals surface area contributed by atoms with Gasteiger partial charge >= 0.3 is 0 Å². The van der Waals surface area contributed by atoms with E-state index in [1.165, 1.54) is 29.7 Å². The van der Waals surface area contributed by atoms with Gasteiger partial charge in [0.25, 0.3) is 11.8 Å². The lowest BCUT2D eigenvalue weighted by Crippen LogP contribution is -2.21. The summed E-state index contributed by atoms with van der Waals surface area (Å²) < 4.78 is 24.7. The number of thiophene rings is 1. The van der Waals surface area contributed by atoms with Gasteiger partial charge in [-0.25, -0.2) is 9.82 Å². The van der Waals surface area contributed by atoms with Crippen molar-refractivity contribution in [2.75, 3.05) is 11.9 Å². The first-order valence-corrected chi connectivity index (χ1v) is 12.3. The molecule has 188 valence electrons. The number of ether oxygens (including phenoxy) is 2. The summed E-state index contributed by atoms with van der Waals surface area (Å²) in [6.07, 6.45) is 1.48. The van der Waals surface area contributed by atoms with E-state index < -0.39 is 5.91 Å². The van der Waals surface area contributed by atoms with E-state index in [1.54, 1.807) is 66.7 Å². The quantitative estimate of drug-likeness (QED) is 0.203. The monoisotopic (exact) mass is 517 g/mol. The molecule has 0 atom stereocenters. The molecule has 7 nitrogen and oxygen atoms in total. The van der Waals surface area contributed by atoms with Crippen LogP contribution >= 0.6 is 11.3 Å². The third-order valence-corrected chi connectivity index (χ3v) is 5.99. The minimum absolute atomic E-state index is 0.256. The minimum Gasteiger partial charge on any atom is -0.490 e. The van der Waals surface area contributed by atoms with Gasteiger partial charge in [0.15, 0.2) is 11.5 Å². The Morgan fingerprint density at radius 1 is 0.946 bits per heavy atom. The Kier molecular flexibility index (Phi) is 8.62. The van der Waals surface area contributed by atoms with Crippen molar-refractivity contribution in [2.45, 2.75) is 13.5 Å². The van der Waals surface area contributed by atoms with Crippen LogP contribution in [0, 0.1) is 5.82 Å². The van der Waals surface area contributed by atoms with Crippen LogP contribution in [-0.2, 0) is 6.61 Å². The highest BCUT2D eigenvalue weighted by atomic mass is 32.1. The maximum Gasteiger partial charge on any atom is 0.273 e. The van der Waals surface area contributed by atoms with Gasteiger partial charge in [0.05, 0.1) is 28.9 Å². The van der Waals surface area contributed by atoms with E-state index in [4.69, 9.17) is 9.47 Å². The molecule has 0 saturated heterocycles. The van der Waals surface area contributed by atoms with E-state index in [0.717, 1.165) is 5.56 Å². The molecule has 4 rings (SSSR count). The fourth-order valence-corrected chi connectivity index (χ4v) is 3.96. The Morgan fingerprint density at radius 3 is 2.51 bits per heavy atom. The largest absolute Gasteiger partial charge is 0.490 e. The number of amides is 2. The summed E-state index contributed by atoms with van der Waals surface area (Å²) in [5.41, 5.74) is 4.66. The zero-order valence-corrected chi connectivity index (χ0v) is 20.8. The molecule has 1 heterocycles. The van der Waals surface area contributed by atoms with Crippen molar-refractivity contribution in [3.05, 3.63) is 112 Å². The van der Waals surface area contributed by atoms with Crippen LogP contribution in [0.2, 0.25) is 0 Å². The molecule has 0 spiro atoms. The zero-order chi connectivity index (χ0) is 26.0. The third-order valence-electron chi connectivity index (χ3n) is 5.12. The van der Waals surface area contributed by atoms with Crippen LogP contribution in [0.4, 0.5) is 10.1 Å². The molecule has 9 heteroatoms. The molecule has 4 aromatic rings. The molecule has 3 aromatic carbocycles. The van der Waals surface area contributed by atoms with Crippen LogP contribution in [0.15, 0.2) is 89.3 Å². The van der Waals surface area contributed by atoms with Crippen LogP contribution in [0.25, 0.3) is 0 Å². The average Bonchev–Trinajstić information content (AvgIpc) is 3.45. The Labute approximate surface area is 217 Å². The third kappa shape index (κ3) is 7.02. The van der Waals surface area contributed by atoms with Crippen molar-refractivity contribution in [3.8, 4) is 11.5 Å². The van der Waals surface area contributed by atoms with Crippen molar-refractivity contribution in [3.63, 3.8) is 0 Å². The molecule has 0 unspecified atom stereocenters. The van der Waals surface area contributed by atoms with Gasteiger partial charge in [-0.05, 0) is 72.0 Å². The van der Waals surface area contributed by atoms with E-state index >= 15 is 0 Å². The molecule has 0 aliphatic carbocycles. The first kappa shape index (κ1) is 25.6. The smallest absolute Gasteiger partial charge is 0.273 e. The van der Waals surface area contributed by atoms with E-state index in [2.05, 4.69) is 15.8 Å². The van der Waals surface area contributed by atoms with E-state index in [9.17, 15) is 14.0 Å². The topological polar surface area (TPSA) is 89.0 Å². The van der Waals surface area contributed by atoms with E-state index in [0.29, 0.717) is 34.2 Å². The van der Waals surface area contributed by atoms with Gasteiger partial charge in [-0.2, -0.15) is 5.10 Å². The van der Waals surface area contributed by atoms with Crippen molar-refractivity contribution in [2.24, 2.45) is 5.10 Å². The van der Waals surface area contributed by atoms with Crippen LogP contribution in [0.5, 0.6) is 11.5 Å². The second kappa shape index (κ2) is 12.5. The number of hydrogen-bond acceptors (Lipinski definition) is 6. The second-order valence-corrected chi connectivity index (χ2v) is 8.68. The summed E-state index contributed by atoms with van der Waals surface area (Å²) in [6.45, 7) is 2.55. The number of carbonyl (C=O) groups excluding carboxylic acids is 2. The number of rotatable bonds is 10. The molecule has 0 bridgehead atoms. The van der Waals surface area contributed by atoms with Crippen molar-refractivity contribution in [1.29, 1.82) is 0 Å². The zero-order valence-electron chi connectivity index (χ0n) is 19.9. The summed E-state index contributed by atoms with van der Waals surface area (Å²) in [5.74, 6) is -0.0167. The number of hydrogen-bond donors (Lipinski definition) is 2. The first-order chi connectivity index (χ1) is 18.0. The lowest BCUT2D eigenvalue weighted by molar-refractivity contribution is 0.0956. The number of nitrogens with zero attached hydrogens (tertiary/aromatic N) is 1. The highest BCUT2D eigenvalue weighted by Gasteiger charge is 2.14. The Morgan fingerprint density at radius 2 is 1.76 bits per heavy atom. The first-order valence-electron chi connectivity index (χ1n) is 11.4. The van der Waals surface area contributed by atoms with E-state index in [1.807, 2.05) is 12.3 Å². The number of carbonyl (C=O) groups is 2. The van der Waals surface area contributed by atoms with Gasteiger partial charge in [-0.3, -0.25) is 9.59 Å². The van der Waals surface area contributed by atoms with Crippen LogP contribution < -0.4 is 20.2 Å². The summed E-state index contributed by atoms with van der Waals surface area (Å²) in [5, 5.41) is 8.63. The predicted molar refractivity (Wildman–Crippen MR) is 142 cm³/mol. The van der Waals surface area contributed by atoms with E-state index in [-0.39, 0.29) is 23.9 Å². The highest BCUT2D eigenvalue weighted by molar-refractivity contribution is 7.12. The molecule has 2 amide bonds. The minimum atomic E-state index is -0.470. The average molecular weight is 518 g/mol. The maximum atomic E-state index is 13.1. The molecule has 1 aromatic heterocycles. The van der Waals surface area contributed by atoms with Crippen LogP contribution in [0.3, 0.4) is 0 Å². The molecular formula is C28H24FN3O4S. The summed E-state index contributed by atoms with van der Waals surface area (Å²) in [7, 11) is 0. The molecule has 2 N–H and O–H groups in total. The molecule has 0 aliphatic heterocycles. The van der Waals surface area contributed by atoms with Crippen molar-refractivity contribution in [1.82, 2.24) is 5.43 Å². The number of hydrazone groups is 1. The maximum absolute atomic E-state index is 13.1. The molecule has 0 radical (unpaired) electrons. The fraction of sp³-hybridized carbons (Fsp3) is 0.107. The van der Waals surface area contributed by atoms with Gasteiger partial charge < -0.3 is 14.8 Å². The highest BCUT2D eigenvalue weighted by Crippen LogP contribution is 2.29. The number of halogens is 1. The Balaban J connectivity index is 1.40. The molecular weight excluding hydrogens is 493 g/mol. The van der Waals surface area contributed by atoms with Gasteiger partial charge in [-0.15, -0.1) is 11.3 Å². The molecule has 0 aliphatic rings. The second-order valence-electron chi connectivity index (χ2n) is 7.73. The standard InChI is InChI=1S/C28H24FN3O4S/c1-2-35-25-16-20(11-14-24(25)36-18-19-9-12-21(29)13-10-19)17-30-32-27(33)22-6-3-4-7-23(22)31-28(34)26-8-5-15-37-26/h3-17H,2,18H2,1H3,(H,31,34)(H,32,33)/b30-17-. The SMILES string of the molecule is CCOc1cc(/C=N\NC(=O)c2ccccc2NC(=O)c2cccs2)ccc1OCc1ccc(F)cc1. The van der Waals surface area contributed by atoms with Crippen molar-refractivity contribution >= 4 is 35.1 Å². The van der Waals surface area contributed by atoms with Crippen LogP contribution in [0.1, 0.15) is 38.1 Å². The number of para-hydroxylation sites is 1. The molecule has 0 fully saturated rings. The number of anilines is 1. The van der Waals surface area contributed by atoms with Gasteiger partial charge in [0, 0.05) is 0 Å². The lowest BCUT2D eigenvalue weighted by Gasteiger charge is -2.12. The van der Waals surface area contributed by atoms with Crippen LogP contribution in [-0.4, -0.2) is 24.6 Å². The Hall–Kier alpha value is -4.50. The van der Waals surface area contributed by atoms with Gasteiger partial charge in [0.1, 0.15) is 12.4 Å². The summed E-state index contributed by atoms with van der Waals surface area (Å²) in [4.78, 5) is 25.7. The van der Waals surface area contributed by atoms with Gasteiger partial charge in [-0.1, -0.05) is 30.3 Å². The van der Waals surface area contributed by atoms with Crippen molar-refractivity contribution < 1.29 is 23.5 Å². The Bertz CT molecular complexity index is 1390. The lowest BCUT2D eigenvalue weighted by atomic mass is 10.1.